The van der Waals surface area contributed by atoms with Gasteiger partial charge < -0.3 is 24.5 Å². The molecule has 38 heavy (non-hydrogen) atoms. The van der Waals surface area contributed by atoms with Crippen molar-refractivity contribution in [3.8, 4) is 11.5 Å². The normalized spacial score (nSPS) is 16.8. The maximum atomic E-state index is 13.4. The summed E-state index contributed by atoms with van der Waals surface area (Å²) in [5.74, 6) is -0.185. The molecule has 5 rings (SSSR count). The van der Waals surface area contributed by atoms with Crippen LogP contribution in [0.5, 0.6) is 11.5 Å². The molecule has 1 aromatic heterocycles. The van der Waals surface area contributed by atoms with E-state index in [1.165, 1.54) is 0 Å². The zero-order chi connectivity index (χ0) is 26.6. The molecule has 194 valence electrons. The molecule has 0 spiro atoms. The minimum atomic E-state index is -0.734. The molecule has 1 aliphatic heterocycles. The first-order valence-corrected chi connectivity index (χ1v) is 12.8. The summed E-state index contributed by atoms with van der Waals surface area (Å²) >= 11 is 0. The third-order valence-corrected chi connectivity index (χ3v) is 6.78. The van der Waals surface area contributed by atoms with Gasteiger partial charge in [-0.15, -0.1) is 0 Å². The summed E-state index contributed by atoms with van der Waals surface area (Å²) in [6.07, 6.45) is 2.49. The van der Waals surface area contributed by atoms with Gasteiger partial charge >= 0.3 is 0 Å². The Morgan fingerprint density at radius 3 is 2.18 bits per heavy atom. The lowest BCUT2D eigenvalue weighted by molar-refractivity contribution is -0.139. The average Bonchev–Trinajstić information content (AvgIpc) is 3.46. The van der Waals surface area contributed by atoms with Crippen LogP contribution in [0, 0.1) is 0 Å². The topological polar surface area (TPSA) is 91.9 Å². The predicted molar refractivity (Wildman–Crippen MR) is 146 cm³/mol. The first-order chi connectivity index (χ1) is 18.5. The van der Waals surface area contributed by atoms with E-state index in [1.807, 2.05) is 68.6 Å². The van der Waals surface area contributed by atoms with Gasteiger partial charge in [0, 0.05) is 29.2 Å². The van der Waals surface area contributed by atoms with Crippen molar-refractivity contribution in [2.45, 2.75) is 26.3 Å². The number of rotatable bonds is 9. The van der Waals surface area contributed by atoms with E-state index >= 15 is 0 Å². The van der Waals surface area contributed by atoms with E-state index in [1.54, 1.807) is 29.2 Å². The van der Waals surface area contributed by atoms with E-state index in [4.69, 9.17) is 9.47 Å². The fraction of sp³-hybridized carbons (Fsp3) is 0.226. The summed E-state index contributed by atoms with van der Waals surface area (Å²) < 4.78 is 11.1. The summed E-state index contributed by atoms with van der Waals surface area (Å²) in [5.41, 5.74) is 3.31. The molecule has 1 amide bonds. The van der Waals surface area contributed by atoms with Crippen LogP contribution < -0.4 is 9.47 Å². The first-order valence-electron chi connectivity index (χ1n) is 12.8. The number of aromatic nitrogens is 1. The molecule has 1 fully saturated rings. The van der Waals surface area contributed by atoms with Gasteiger partial charge in [0.1, 0.15) is 17.3 Å². The van der Waals surface area contributed by atoms with Crippen molar-refractivity contribution >= 4 is 28.4 Å². The molecule has 3 aromatic carbocycles. The summed E-state index contributed by atoms with van der Waals surface area (Å²) in [7, 11) is 0. The molecule has 2 heterocycles. The standard InChI is InChI=1S/C31H30N2O5/c1-3-37-23-13-9-20(10-14-23)28-27(29(34)21-11-15-24(16-12-21)38-4-2)30(35)31(36)33(28)18-17-22-19-32-26-8-6-5-7-25(22)26/h5-16,19,28,32,34H,3-4,17-18H2,1-2H3. The number of H-pyrrole nitrogens is 1. The Hall–Kier alpha value is -4.52. The number of hydrogen-bond acceptors (Lipinski definition) is 5. The van der Waals surface area contributed by atoms with Gasteiger partial charge in [-0.05, 0) is 73.9 Å². The molecule has 0 radical (unpaired) electrons. The number of carbonyl (C=O) groups is 2. The van der Waals surface area contributed by atoms with Crippen molar-refractivity contribution in [1.82, 2.24) is 9.88 Å². The molecular formula is C31H30N2O5. The summed E-state index contributed by atoms with van der Waals surface area (Å²) in [6, 6.07) is 21.4. The molecule has 4 aromatic rings. The zero-order valence-corrected chi connectivity index (χ0v) is 21.4. The number of fused-ring (bicyclic) bond motifs is 1. The minimum absolute atomic E-state index is 0.0715. The highest BCUT2D eigenvalue weighted by Gasteiger charge is 2.45. The largest absolute Gasteiger partial charge is 0.507 e. The summed E-state index contributed by atoms with van der Waals surface area (Å²) in [5, 5.41) is 12.4. The average molecular weight is 511 g/mol. The van der Waals surface area contributed by atoms with Crippen molar-refractivity contribution in [3.05, 3.63) is 101 Å². The van der Waals surface area contributed by atoms with Crippen molar-refractivity contribution in [1.29, 1.82) is 0 Å². The van der Waals surface area contributed by atoms with Gasteiger partial charge in [-0.1, -0.05) is 30.3 Å². The molecule has 7 nitrogen and oxygen atoms in total. The molecule has 0 saturated carbocycles. The van der Waals surface area contributed by atoms with Crippen molar-refractivity contribution < 1.29 is 24.2 Å². The van der Waals surface area contributed by atoms with Crippen molar-refractivity contribution in [3.63, 3.8) is 0 Å². The third kappa shape index (κ3) is 4.75. The maximum Gasteiger partial charge on any atom is 0.295 e. The SMILES string of the molecule is CCOc1ccc(C(O)=C2C(=O)C(=O)N(CCc3c[nH]c4ccccc34)C2c2ccc(OCC)cc2)cc1. The van der Waals surface area contributed by atoms with Gasteiger partial charge in [-0.3, -0.25) is 9.59 Å². The number of aromatic amines is 1. The number of nitrogens with one attached hydrogen (secondary N) is 1. The van der Waals surface area contributed by atoms with Crippen LogP contribution in [0.1, 0.15) is 36.6 Å². The van der Waals surface area contributed by atoms with E-state index in [-0.39, 0.29) is 11.3 Å². The summed E-state index contributed by atoms with van der Waals surface area (Å²) in [6.45, 7) is 5.15. The number of aliphatic hydroxyl groups is 1. The lowest BCUT2D eigenvalue weighted by Crippen LogP contribution is -2.31. The van der Waals surface area contributed by atoms with Gasteiger partial charge in [0.25, 0.3) is 11.7 Å². The van der Waals surface area contributed by atoms with Crippen LogP contribution in [0.4, 0.5) is 0 Å². The highest BCUT2D eigenvalue weighted by molar-refractivity contribution is 6.46. The van der Waals surface area contributed by atoms with E-state index < -0.39 is 17.7 Å². The quantitative estimate of drug-likeness (QED) is 0.173. The van der Waals surface area contributed by atoms with Crippen LogP contribution in [0.25, 0.3) is 16.7 Å². The molecular weight excluding hydrogens is 480 g/mol. The molecule has 1 atom stereocenters. The van der Waals surface area contributed by atoms with E-state index in [2.05, 4.69) is 4.98 Å². The van der Waals surface area contributed by atoms with Crippen LogP contribution in [0.3, 0.4) is 0 Å². The monoisotopic (exact) mass is 510 g/mol. The number of likely N-dealkylation sites (tertiary alicyclic amines) is 1. The van der Waals surface area contributed by atoms with Crippen LogP contribution >= 0.6 is 0 Å². The first kappa shape index (κ1) is 25.1. The maximum absolute atomic E-state index is 13.4. The van der Waals surface area contributed by atoms with Crippen LogP contribution in [0.2, 0.25) is 0 Å². The second-order valence-corrected chi connectivity index (χ2v) is 9.06. The molecule has 0 bridgehead atoms. The van der Waals surface area contributed by atoms with Crippen LogP contribution in [-0.4, -0.2) is 46.4 Å². The van der Waals surface area contributed by atoms with Gasteiger partial charge in [0.2, 0.25) is 0 Å². The zero-order valence-electron chi connectivity index (χ0n) is 21.4. The van der Waals surface area contributed by atoms with E-state index in [0.717, 1.165) is 22.0 Å². The number of carbonyl (C=O) groups excluding carboxylic acids is 2. The van der Waals surface area contributed by atoms with E-state index in [0.29, 0.717) is 43.2 Å². The Morgan fingerprint density at radius 1 is 0.895 bits per heavy atom. The number of aliphatic hydroxyl groups excluding tert-OH is 1. The van der Waals surface area contributed by atoms with E-state index in [9.17, 15) is 14.7 Å². The number of benzene rings is 3. The molecule has 1 unspecified atom stereocenters. The number of para-hydroxylation sites is 1. The van der Waals surface area contributed by atoms with Gasteiger partial charge in [-0.2, -0.15) is 0 Å². The minimum Gasteiger partial charge on any atom is -0.507 e. The Labute approximate surface area is 221 Å². The van der Waals surface area contributed by atoms with Gasteiger partial charge in [-0.25, -0.2) is 0 Å². The third-order valence-electron chi connectivity index (χ3n) is 6.78. The Bertz CT molecular complexity index is 1490. The van der Waals surface area contributed by atoms with Crippen LogP contribution in [0.15, 0.2) is 84.6 Å². The predicted octanol–water partition coefficient (Wildman–Crippen LogP) is 5.63. The fourth-order valence-electron chi connectivity index (χ4n) is 4.98. The van der Waals surface area contributed by atoms with Crippen molar-refractivity contribution in [2.75, 3.05) is 19.8 Å². The lowest BCUT2D eigenvalue weighted by Gasteiger charge is -2.25. The number of ketones is 1. The smallest absolute Gasteiger partial charge is 0.295 e. The second-order valence-electron chi connectivity index (χ2n) is 9.06. The Balaban J connectivity index is 1.53. The fourth-order valence-corrected chi connectivity index (χ4v) is 4.98. The molecule has 2 N–H and O–H groups in total. The Morgan fingerprint density at radius 2 is 1.53 bits per heavy atom. The number of amides is 1. The highest BCUT2D eigenvalue weighted by Crippen LogP contribution is 2.40. The Kier molecular flexibility index (Phi) is 7.18. The lowest BCUT2D eigenvalue weighted by atomic mass is 9.95. The number of hydrogen-bond donors (Lipinski definition) is 2. The van der Waals surface area contributed by atoms with Crippen molar-refractivity contribution in [2.24, 2.45) is 0 Å². The molecule has 7 heteroatoms. The molecule has 0 aliphatic carbocycles. The van der Waals surface area contributed by atoms with Gasteiger partial charge in [0.05, 0.1) is 24.8 Å². The molecule has 1 aliphatic rings. The van der Waals surface area contributed by atoms with Gasteiger partial charge in [0.15, 0.2) is 0 Å². The molecule has 1 saturated heterocycles. The van der Waals surface area contributed by atoms with Crippen LogP contribution in [-0.2, 0) is 16.0 Å². The summed E-state index contributed by atoms with van der Waals surface area (Å²) in [4.78, 5) is 31.5. The number of Topliss-reactive ketones (excluding diaryl/α,β-unsaturated/α-hetero) is 1. The highest BCUT2D eigenvalue weighted by atomic mass is 16.5. The number of nitrogens with zero attached hydrogens (tertiary/aromatic N) is 1. The second kappa shape index (κ2) is 10.8. The number of ether oxygens (including phenoxy) is 2.